The number of nitrogens with one attached hydrogen (secondary N) is 3. The minimum atomic E-state index is -0.686. The molecule has 1 aliphatic rings. The molecule has 2 heterocycles. The normalized spacial score (nSPS) is 18.0. The Bertz CT molecular complexity index is 559. The molecule has 1 aliphatic heterocycles. The minimum absolute atomic E-state index is 0.227. The quantitative estimate of drug-likeness (QED) is 0.683. The number of imide groups is 1. The zero-order chi connectivity index (χ0) is 15.2. The Hall–Kier alpha value is -2.44. The van der Waals surface area contributed by atoms with Gasteiger partial charge in [0.15, 0.2) is 0 Å². The van der Waals surface area contributed by atoms with Crippen molar-refractivity contribution in [3.05, 3.63) is 24.0 Å². The van der Waals surface area contributed by atoms with Gasteiger partial charge in [-0.05, 0) is 18.9 Å². The van der Waals surface area contributed by atoms with Crippen LogP contribution in [0.1, 0.15) is 36.5 Å². The van der Waals surface area contributed by atoms with Gasteiger partial charge in [0.1, 0.15) is 6.04 Å². The summed E-state index contributed by atoms with van der Waals surface area (Å²) in [5.74, 6) is -1.15. The summed E-state index contributed by atoms with van der Waals surface area (Å²) >= 11 is 0. The number of carbonyl (C=O) groups is 3. The first-order valence-corrected chi connectivity index (χ1v) is 6.94. The summed E-state index contributed by atoms with van der Waals surface area (Å²) in [4.78, 5) is 38.9. The second-order valence-corrected chi connectivity index (χ2v) is 4.83. The molecule has 1 fully saturated rings. The number of aromatic nitrogens is 1. The fourth-order valence-electron chi connectivity index (χ4n) is 2.06. The van der Waals surface area contributed by atoms with Crippen molar-refractivity contribution in [3.8, 4) is 0 Å². The summed E-state index contributed by atoms with van der Waals surface area (Å²) in [5.41, 5.74) is 1.06. The molecule has 7 heteroatoms. The number of hydrogen-bond acceptors (Lipinski definition) is 5. The van der Waals surface area contributed by atoms with E-state index in [9.17, 15) is 14.4 Å². The highest BCUT2D eigenvalue weighted by atomic mass is 16.2. The first kappa shape index (κ1) is 15.0. The SMILES string of the molecule is CCCNc1ccncc1C(=O)NC1CCC(=O)NC1=O. The molecular weight excluding hydrogens is 272 g/mol. The van der Waals surface area contributed by atoms with Gasteiger partial charge in [0.05, 0.1) is 11.3 Å². The molecule has 0 bridgehead atoms. The molecule has 1 atom stereocenters. The minimum Gasteiger partial charge on any atom is -0.384 e. The molecule has 7 nitrogen and oxygen atoms in total. The summed E-state index contributed by atoms with van der Waals surface area (Å²) in [6, 6.07) is 1.03. The Kier molecular flexibility index (Phi) is 4.86. The highest BCUT2D eigenvalue weighted by Gasteiger charge is 2.28. The van der Waals surface area contributed by atoms with Crippen LogP contribution in [0.2, 0.25) is 0 Å². The van der Waals surface area contributed by atoms with E-state index >= 15 is 0 Å². The number of nitrogens with zero attached hydrogens (tertiary/aromatic N) is 1. The molecule has 21 heavy (non-hydrogen) atoms. The molecule has 112 valence electrons. The summed E-state index contributed by atoms with van der Waals surface area (Å²) in [6.07, 6.45) is 4.52. The molecule has 0 aromatic carbocycles. The molecular formula is C14H18N4O3. The monoisotopic (exact) mass is 290 g/mol. The first-order valence-electron chi connectivity index (χ1n) is 6.94. The summed E-state index contributed by atoms with van der Waals surface area (Å²) in [7, 11) is 0. The molecule has 0 saturated carbocycles. The van der Waals surface area contributed by atoms with Gasteiger partial charge in [-0.15, -0.1) is 0 Å². The topological polar surface area (TPSA) is 100 Å². The Morgan fingerprint density at radius 2 is 2.29 bits per heavy atom. The predicted molar refractivity (Wildman–Crippen MR) is 76.7 cm³/mol. The molecule has 0 spiro atoms. The van der Waals surface area contributed by atoms with Gasteiger partial charge >= 0.3 is 0 Å². The van der Waals surface area contributed by atoms with E-state index < -0.39 is 11.9 Å². The first-order chi connectivity index (χ1) is 10.1. The number of carbonyl (C=O) groups excluding carboxylic acids is 3. The molecule has 1 aromatic heterocycles. The van der Waals surface area contributed by atoms with Gasteiger partial charge in [-0.2, -0.15) is 0 Å². The maximum absolute atomic E-state index is 12.3. The maximum atomic E-state index is 12.3. The highest BCUT2D eigenvalue weighted by Crippen LogP contribution is 2.14. The van der Waals surface area contributed by atoms with Crippen LogP contribution in [-0.4, -0.2) is 35.3 Å². The van der Waals surface area contributed by atoms with E-state index in [2.05, 4.69) is 20.9 Å². The Morgan fingerprint density at radius 3 is 3.00 bits per heavy atom. The lowest BCUT2D eigenvalue weighted by molar-refractivity contribution is -0.134. The van der Waals surface area contributed by atoms with E-state index in [1.807, 2.05) is 6.92 Å². The zero-order valence-electron chi connectivity index (χ0n) is 11.8. The van der Waals surface area contributed by atoms with E-state index in [4.69, 9.17) is 0 Å². The van der Waals surface area contributed by atoms with E-state index in [-0.39, 0.29) is 18.2 Å². The van der Waals surface area contributed by atoms with Gasteiger partial charge in [-0.25, -0.2) is 0 Å². The van der Waals surface area contributed by atoms with Crippen LogP contribution in [0.15, 0.2) is 18.5 Å². The molecule has 1 saturated heterocycles. The van der Waals surface area contributed by atoms with Crippen molar-refractivity contribution in [2.75, 3.05) is 11.9 Å². The average molecular weight is 290 g/mol. The van der Waals surface area contributed by atoms with Crippen molar-refractivity contribution in [3.63, 3.8) is 0 Å². The Morgan fingerprint density at radius 1 is 1.48 bits per heavy atom. The van der Waals surface area contributed by atoms with Crippen molar-refractivity contribution in [2.45, 2.75) is 32.2 Å². The second kappa shape index (κ2) is 6.83. The van der Waals surface area contributed by atoms with E-state index in [0.717, 1.165) is 13.0 Å². The fraction of sp³-hybridized carbons (Fsp3) is 0.429. The van der Waals surface area contributed by atoms with E-state index in [1.54, 1.807) is 12.3 Å². The number of pyridine rings is 1. The predicted octanol–water partition coefficient (Wildman–Crippen LogP) is 0.438. The molecule has 2 rings (SSSR count). The average Bonchev–Trinajstić information content (AvgIpc) is 2.48. The largest absolute Gasteiger partial charge is 0.384 e. The number of piperidine rings is 1. The van der Waals surface area contributed by atoms with Crippen molar-refractivity contribution >= 4 is 23.4 Å². The number of amides is 3. The van der Waals surface area contributed by atoms with E-state index in [0.29, 0.717) is 17.7 Å². The molecule has 1 unspecified atom stereocenters. The number of hydrogen-bond donors (Lipinski definition) is 3. The lowest BCUT2D eigenvalue weighted by Crippen LogP contribution is -2.52. The van der Waals surface area contributed by atoms with Crippen molar-refractivity contribution in [2.24, 2.45) is 0 Å². The third-order valence-electron chi connectivity index (χ3n) is 3.18. The Balaban J connectivity index is 2.06. The van der Waals surface area contributed by atoms with Crippen molar-refractivity contribution in [1.29, 1.82) is 0 Å². The summed E-state index contributed by atoms with van der Waals surface area (Å²) in [5, 5.41) is 7.99. The van der Waals surface area contributed by atoms with Crippen LogP contribution < -0.4 is 16.0 Å². The fourth-order valence-corrected chi connectivity index (χ4v) is 2.06. The third kappa shape index (κ3) is 3.77. The summed E-state index contributed by atoms with van der Waals surface area (Å²) < 4.78 is 0. The number of rotatable bonds is 5. The van der Waals surface area contributed by atoms with Crippen LogP contribution in [0.4, 0.5) is 5.69 Å². The molecule has 0 aliphatic carbocycles. The van der Waals surface area contributed by atoms with Gasteiger partial charge in [0.25, 0.3) is 5.91 Å². The van der Waals surface area contributed by atoms with Crippen LogP contribution in [0.5, 0.6) is 0 Å². The molecule has 1 aromatic rings. The van der Waals surface area contributed by atoms with Crippen LogP contribution >= 0.6 is 0 Å². The van der Waals surface area contributed by atoms with Gasteiger partial charge in [0.2, 0.25) is 11.8 Å². The lowest BCUT2D eigenvalue weighted by Gasteiger charge is -2.22. The maximum Gasteiger partial charge on any atom is 0.255 e. The van der Waals surface area contributed by atoms with Crippen LogP contribution in [0.3, 0.4) is 0 Å². The van der Waals surface area contributed by atoms with Gasteiger partial charge in [-0.3, -0.25) is 24.7 Å². The van der Waals surface area contributed by atoms with Crippen LogP contribution in [-0.2, 0) is 9.59 Å². The van der Waals surface area contributed by atoms with Gasteiger partial charge in [-0.1, -0.05) is 6.92 Å². The molecule has 3 N–H and O–H groups in total. The van der Waals surface area contributed by atoms with Gasteiger partial charge in [0, 0.05) is 25.4 Å². The molecule has 0 radical (unpaired) electrons. The Labute approximate surface area is 122 Å². The van der Waals surface area contributed by atoms with Crippen molar-refractivity contribution in [1.82, 2.24) is 15.6 Å². The highest BCUT2D eigenvalue weighted by molar-refractivity contribution is 6.05. The zero-order valence-corrected chi connectivity index (χ0v) is 11.8. The number of anilines is 1. The van der Waals surface area contributed by atoms with Crippen molar-refractivity contribution < 1.29 is 14.4 Å². The standard InChI is InChI=1S/C14H18N4O3/c1-2-6-16-10-5-7-15-8-9(10)13(20)17-11-3-4-12(19)18-14(11)21/h5,7-8,11H,2-4,6H2,1H3,(H,15,16)(H,17,20)(H,18,19,21). The second-order valence-electron chi connectivity index (χ2n) is 4.83. The summed E-state index contributed by atoms with van der Waals surface area (Å²) in [6.45, 7) is 2.76. The van der Waals surface area contributed by atoms with Crippen LogP contribution in [0.25, 0.3) is 0 Å². The van der Waals surface area contributed by atoms with Crippen LogP contribution in [0, 0.1) is 0 Å². The third-order valence-corrected chi connectivity index (χ3v) is 3.18. The molecule has 3 amide bonds. The van der Waals surface area contributed by atoms with Gasteiger partial charge < -0.3 is 10.6 Å². The smallest absolute Gasteiger partial charge is 0.255 e. The van der Waals surface area contributed by atoms with E-state index in [1.165, 1.54) is 6.20 Å². The lowest BCUT2D eigenvalue weighted by atomic mass is 10.1.